The smallest absolute Gasteiger partial charge is 1.00 e. The van der Waals surface area contributed by atoms with Crippen LogP contribution in [0.1, 0.15) is 12.3 Å². The van der Waals surface area contributed by atoms with Crippen molar-refractivity contribution in [3.05, 3.63) is 54.4 Å². The summed E-state index contributed by atoms with van der Waals surface area (Å²) in [5.41, 5.74) is 4.63. The summed E-state index contributed by atoms with van der Waals surface area (Å²) >= 11 is 0. The van der Waals surface area contributed by atoms with Gasteiger partial charge in [-0.1, -0.05) is 36.4 Å². The van der Waals surface area contributed by atoms with Crippen molar-refractivity contribution in [1.82, 2.24) is 0 Å². The fourth-order valence-electron chi connectivity index (χ4n) is 2.99. The predicted octanol–water partition coefficient (Wildman–Crippen LogP) is 4.18. The van der Waals surface area contributed by atoms with E-state index in [9.17, 15) is 25.2 Å². The molecule has 0 spiro atoms. The molecule has 0 saturated carbocycles. The van der Waals surface area contributed by atoms with Gasteiger partial charge in [0.25, 0.3) is 5.52 Å². The summed E-state index contributed by atoms with van der Waals surface area (Å²) in [4.78, 5) is 0. The van der Waals surface area contributed by atoms with Crippen molar-refractivity contribution in [3.63, 3.8) is 0 Å². The molecule has 0 bridgehead atoms. The van der Waals surface area contributed by atoms with Gasteiger partial charge in [-0.25, -0.2) is 0 Å². The van der Waals surface area contributed by atoms with Crippen molar-refractivity contribution in [3.8, 4) is 11.1 Å². The number of benzene rings is 2. The number of fused-ring (bicyclic) bond motifs is 1. The SMILES string of the molecule is Cc1oc2ccc(-c3ccccc3)cc2[n+]1CCC[N+](C)(C)C.F[P-](F)(F)(F)(F)F.[Br-]. The molecule has 176 valence electrons. The van der Waals surface area contributed by atoms with Crippen LogP contribution in [-0.2, 0) is 6.54 Å². The predicted molar refractivity (Wildman–Crippen MR) is 108 cm³/mol. The minimum Gasteiger partial charge on any atom is -1.00 e. The third-order valence-corrected chi connectivity index (χ3v) is 4.21. The first kappa shape index (κ1) is 27.4. The Morgan fingerprint density at radius 2 is 1.42 bits per heavy atom. The zero-order chi connectivity index (χ0) is 22.9. The molecule has 3 nitrogen and oxygen atoms in total. The standard InChI is InChI=1S/C20H26N2O.BrH.F6P/c1-16-21(13-8-14-22(2,3)4)19-15-18(11-12-20(19)23-16)17-9-6-5-7-10-17;;1-7(2,3,4,5)6/h5-7,9-12,15H,8,13-14H2,1-4H3;1H;/q+2;;-1/p-1. The van der Waals surface area contributed by atoms with Crippen LogP contribution in [0.25, 0.3) is 22.2 Å². The number of hydrogen-bond acceptors (Lipinski definition) is 1. The zero-order valence-corrected chi connectivity index (χ0v) is 20.1. The van der Waals surface area contributed by atoms with Gasteiger partial charge in [0.2, 0.25) is 5.58 Å². The second kappa shape index (κ2) is 8.71. The zero-order valence-electron chi connectivity index (χ0n) is 17.6. The van der Waals surface area contributed by atoms with E-state index in [4.69, 9.17) is 4.42 Å². The molecule has 2 aromatic carbocycles. The first-order chi connectivity index (χ1) is 13.4. The normalized spacial score (nSPS) is 14.1. The second-order valence-electron chi connectivity index (χ2n) is 8.15. The van der Waals surface area contributed by atoms with E-state index >= 15 is 0 Å². The van der Waals surface area contributed by atoms with E-state index in [1.54, 1.807) is 0 Å². The Hall–Kier alpha value is -1.64. The van der Waals surface area contributed by atoms with Crippen LogP contribution in [0.3, 0.4) is 0 Å². The van der Waals surface area contributed by atoms with Gasteiger partial charge < -0.3 is 25.9 Å². The number of quaternary nitrogens is 1. The third-order valence-electron chi connectivity index (χ3n) is 4.21. The Morgan fingerprint density at radius 1 is 0.871 bits per heavy atom. The molecule has 0 saturated heterocycles. The molecule has 0 fully saturated rings. The fraction of sp³-hybridized carbons (Fsp3) is 0.350. The Morgan fingerprint density at radius 3 is 1.94 bits per heavy atom. The van der Waals surface area contributed by atoms with Gasteiger partial charge in [-0.2, -0.15) is 4.57 Å². The van der Waals surface area contributed by atoms with Crippen molar-refractivity contribution in [1.29, 1.82) is 0 Å². The van der Waals surface area contributed by atoms with Gasteiger partial charge in [0, 0.05) is 6.07 Å². The van der Waals surface area contributed by atoms with Crippen molar-refractivity contribution in [2.45, 2.75) is 19.9 Å². The molecule has 0 aliphatic rings. The van der Waals surface area contributed by atoms with Gasteiger partial charge in [-0.15, -0.1) is 0 Å². The van der Waals surface area contributed by atoms with E-state index in [1.807, 2.05) is 6.92 Å². The molecular weight excluding hydrogens is 509 g/mol. The van der Waals surface area contributed by atoms with E-state index in [1.165, 1.54) is 16.6 Å². The molecule has 11 heteroatoms. The molecule has 31 heavy (non-hydrogen) atoms. The average molecular weight is 535 g/mol. The van der Waals surface area contributed by atoms with Gasteiger partial charge in [-0.05, 0) is 17.2 Å². The summed E-state index contributed by atoms with van der Waals surface area (Å²) in [6, 6.07) is 17.0. The molecule has 0 amide bonds. The summed E-state index contributed by atoms with van der Waals surface area (Å²) in [6.45, 7) is 4.19. The number of aryl methyl sites for hydroxylation is 2. The number of halogens is 7. The van der Waals surface area contributed by atoms with Crippen LogP contribution in [0, 0.1) is 6.92 Å². The number of hydrogen-bond donors (Lipinski definition) is 0. The quantitative estimate of drug-likeness (QED) is 0.208. The third kappa shape index (κ3) is 11.0. The van der Waals surface area contributed by atoms with E-state index in [0.717, 1.165) is 35.5 Å². The van der Waals surface area contributed by atoms with Crippen LogP contribution in [0.4, 0.5) is 25.2 Å². The minimum atomic E-state index is -10.7. The Labute approximate surface area is 187 Å². The maximum absolute atomic E-state index is 10.7. The van der Waals surface area contributed by atoms with E-state index in [0.29, 0.717) is 0 Å². The topological polar surface area (TPSA) is 17.0 Å². The van der Waals surface area contributed by atoms with Gasteiger partial charge in [-0.3, -0.25) is 0 Å². The van der Waals surface area contributed by atoms with Gasteiger partial charge >= 0.3 is 38.9 Å². The van der Waals surface area contributed by atoms with Gasteiger partial charge in [0.15, 0.2) is 6.54 Å². The number of rotatable bonds is 5. The maximum Gasteiger partial charge on any atom is -1.00 e. The summed E-state index contributed by atoms with van der Waals surface area (Å²) < 4.78 is 68.4. The molecule has 0 unspecified atom stereocenters. The summed E-state index contributed by atoms with van der Waals surface area (Å²) in [6.07, 6.45) is 1.14. The largest absolute Gasteiger partial charge is 1.00 e. The monoisotopic (exact) mass is 534 g/mol. The van der Waals surface area contributed by atoms with E-state index in [-0.39, 0.29) is 17.0 Å². The first-order valence-corrected chi connectivity index (χ1v) is 11.3. The number of oxazole rings is 1. The molecule has 3 rings (SSSR count). The van der Waals surface area contributed by atoms with Crippen LogP contribution in [0.5, 0.6) is 0 Å². The molecule has 0 aliphatic heterocycles. The maximum atomic E-state index is 9.87. The Balaban J connectivity index is 0.000000523. The second-order valence-corrected chi connectivity index (χ2v) is 10.1. The van der Waals surface area contributed by atoms with Crippen LogP contribution in [-0.4, -0.2) is 32.2 Å². The van der Waals surface area contributed by atoms with Crippen molar-refractivity contribution >= 4 is 18.9 Å². The molecule has 0 atom stereocenters. The molecular formula is C20H26BrF6N2OP. The van der Waals surface area contributed by atoms with Crippen LogP contribution in [0.15, 0.2) is 52.9 Å². The number of aromatic nitrogens is 1. The molecule has 0 aliphatic carbocycles. The van der Waals surface area contributed by atoms with E-state index in [2.05, 4.69) is 74.2 Å². The first-order valence-electron chi connectivity index (χ1n) is 9.24. The fourth-order valence-corrected chi connectivity index (χ4v) is 2.99. The summed E-state index contributed by atoms with van der Waals surface area (Å²) in [5.74, 6) is 0.978. The molecule has 0 radical (unpaired) electrons. The van der Waals surface area contributed by atoms with Gasteiger partial charge in [0.1, 0.15) is 0 Å². The summed E-state index contributed by atoms with van der Waals surface area (Å²) in [5, 5.41) is 0. The summed E-state index contributed by atoms with van der Waals surface area (Å²) in [7, 11) is -3.95. The number of nitrogens with zero attached hydrogens (tertiary/aromatic N) is 2. The van der Waals surface area contributed by atoms with Crippen LogP contribution in [0.2, 0.25) is 0 Å². The molecule has 3 aromatic rings. The average Bonchev–Trinajstić information content (AvgIpc) is 2.87. The Kier molecular flexibility index (Phi) is 7.70. The molecule has 0 N–H and O–H groups in total. The van der Waals surface area contributed by atoms with Crippen LogP contribution >= 0.6 is 7.81 Å². The Bertz CT molecular complexity index is 1000. The van der Waals surface area contributed by atoms with Crippen molar-refractivity contribution in [2.75, 3.05) is 27.7 Å². The van der Waals surface area contributed by atoms with Crippen LogP contribution < -0.4 is 21.5 Å². The van der Waals surface area contributed by atoms with Crippen molar-refractivity contribution < 1.29 is 55.6 Å². The molecule has 1 heterocycles. The van der Waals surface area contributed by atoms with Crippen molar-refractivity contribution in [2.24, 2.45) is 0 Å². The minimum absolute atomic E-state index is 0. The van der Waals surface area contributed by atoms with E-state index < -0.39 is 7.81 Å². The van der Waals surface area contributed by atoms with Gasteiger partial charge in [0.05, 0.1) is 41.0 Å². The molecule has 1 aromatic heterocycles.